The summed E-state index contributed by atoms with van der Waals surface area (Å²) in [6.07, 6.45) is -0.740. The number of rotatable bonds is 3. The molecule has 2 rings (SSSR count). The van der Waals surface area contributed by atoms with E-state index in [1.165, 1.54) is 5.56 Å². The van der Waals surface area contributed by atoms with Crippen LogP contribution in [0.2, 0.25) is 0 Å². The Morgan fingerprint density at radius 1 is 1.41 bits per heavy atom. The summed E-state index contributed by atoms with van der Waals surface area (Å²) in [5.74, 6) is -0.880. The fourth-order valence-electron chi connectivity index (χ4n) is 2.15. The van der Waals surface area contributed by atoms with Gasteiger partial charge in [-0.3, -0.25) is 4.90 Å². The third kappa shape index (κ3) is 3.28. The van der Waals surface area contributed by atoms with Gasteiger partial charge in [0.05, 0.1) is 6.10 Å². The van der Waals surface area contributed by atoms with Crippen LogP contribution in [0.1, 0.15) is 12.5 Å². The van der Waals surface area contributed by atoms with E-state index in [-0.39, 0.29) is 6.10 Å². The molecular weight excluding hydrogens is 218 g/mol. The topological polar surface area (TPSA) is 49.8 Å². The number of carboxylic acids is 1. The van der Waals surface area contributed by atoms with Crippen molar-refractivity contribution in [3.05, 3.63) is 35.9 Å². The lowest BCUT2D eigenvalue weighted by molar-refractivity contribution is -0.163. The van der Waals surface area contributed by atoms with Crippen molar-refractivity contribution < 1.29 is 14.6 Å². The summed E-state index contributed by atoms with van der Waals surface area (Å²) < 4.78 is 5.37. The van der Waals surface area contributed by atoms with Crippen LogP contribution in [0, 0.1) is 0 Å². The predicted molar refractivity (Wildman–Crippen MR) is 63.7 cm³/mol. The molecule has 1 saturated heterocycles. The molecule has 1 fully saturated rings. The van der Waals surface area contributed by atoms with Gasteiger partial charge < -0.3 is 9.84 Å². The molecule has 1 aromatic carbocycles. The van der Waals surface area contributed by atoms with Gasteiger partial charge in [0.1, 0.15) is 0 Å². The maximum Gasteiger partial charge on any atom is 0.334 e. The second-order valence-electron chi connectivity index (χ2n) is 4.45. The molecule has 2 atom stereocenters. The number of ether oxygens (including phenoxy) is 1. The van der Waals surface area contributed by atoms with E-state index in [1.807, 2.05) is 25.1 Å². The zero-order chi connectivity index (χ0) is 12.3. The standard InChI is InChI=1S/C13H17NO3/c1-10-7-14(9-12(17-10)13(15)16)8-11-5-3-2-4-6-11/h2-6,10,12H,7-9H2,1H3,(H,15,16)/t10-,12-/m0/s1. The zero-order valence-electron chi connectivity index (χ0n) is 9.87. The third-order valence-corrected chi connectivity index (χ3v) is 2.86. The maximum atomic E-state index is 10.9. The van der Waals surface area contributed by atoms with Crippen molar-refractivity contribution in [2.45, 2.75) is 25.7 Å². The smallest absolute Gasteiger partial charge is 0.334 e. The lowest BCUT2D eigenvalue weighted by Crippen LogP contribution is -2.49. The van der Waals surface area contributed by atoms with Crippen molar-refractivity contribution >= 4 is 5.97 Å². The summed E-state index contributed by atoms with van der Waals surface area (Å²) in [6.45, 7) is 3.92. The molecule has 1 aliphatic rings. The zero-order valence-corrected chi connectivity index (χ0v) is 9.87. The monoisotopic (exact) mass is 235 g/mol. The first-order valence-corrected chi connectivity index (χ1v) is 5.79. The highest BCUT2D eigenvalue weighted by Gasteiger charge is 2.29. The summed E-state index contributed by atoms with van der Waals surface area (Å²) >= 11 is 0. The van der Waals surface area contributed by atoms with Crippen molar-refractivity contribution in [1.82, 2.24) is 4.90 Å². The predicted octanol–water partition coefficient (Wildman–Crippen LogP) is 1.36. The van der Waals surface area contributed by atoms with Crippen LogP contribution in [0.15, 0.2) is 30.3 Å². The minimum absolute atomic E-state index is 0.0337. The Balaban J connectivity index is 1.99. The van der Waals surface area contributed by atoms with Crippen molar-refractivity contribution in [1.29, 1.82) is 0 Å². The Bertz CT molecular complexity index is 380. The van der Waals surface area contributed by atoms with Crippen molar-refractivity contribution in [2.24, 2.45) is 0 Å². The minimum atomic E-state index is -0.880. The quantitative estimate of drug-likeness (QED) is 0.859. The molecule has 1 heterocycles. The second-order valence-corrected chi connectivity index (χ2v) is 4.45. The molecule has 0 amide bonds. The number of morpholine rings is 1. The number of carboxylic acid groups (broad SMARTS) is 1. The van der Waals surface area contributed by atoms with E-state index in [2.05, 4.69) is 17.0 Å². The van der Waals surface area contributed by atoms with Crippen LogP contribution >= 0.6 is 0 Å². The number of benzene rings is 1. The average molecular weight is 235 g/mol. The van der Waals surface area contributed by atoms with Crippen LogP contribution in [0.25, 0.3) is 0 Å². The Morgan fingerprint density at radius 2 is 2.12 bits per heavy atom. The van der Waals surface area contributed by atoms with E-state index >= 15 is 0 Å². The van der Waals surface area contributed by atoms with Crippen molar-refractivity contribution in [2.75, 3.05) is 13.1 Å². The van der Waals surface area contributed by atoms with Crippen LogP contribution in [0.3, 0.4) is 0 Å². The first-order chi connectivity index (χ1) is 8.15. The number of aliphatic carboxylic acids is 1. The minimum Gasteiger partial charge on any atom is -0.479 e. The van der Waals surface area contributed by atoms with E-state index in [4.69, 9.17) is 9.84 Å². The fraction of sp³-hybridized carbons (Fsp3) is 0.462. The number of carbonyl (C=O) groups is 1. The molecule has 0 unspecified atom stereocenters. The first-order valence-electron chi connectivity index (χ1n) is 5.79. The molecular formula is C13H17NO3. The highest BCUT2D eigenvalue weighted by Crippen LogP contribution is 2.14. The molecule has 1 N–H and O–H groups in total. The maximum absolute atomic E-state index is 10.9. The molecule has 1 aliphatic heterocycles. The average Bonchev–Trinajstić information content (AvgIpc) is 2.29. The van der Waals surface area contributed by atoms with Gasteiger partial charge in [-0.1, -0.05) is 30.3 Å². The molecule has 4 nitrogen and oxygen atoms in total. The van der Waals surface area contributed by atoms with Crippen molar-refractivity contribution in [3.8, 4) is 0 Å². The van der Waals surface area contributed by atoms with Gasteiger partial charge >= 0.3 is 5.97 Å². The van der Waals surface area contributed by atoms with Gasteiger partial charge in [0.2, 0.25) is 0 Å². The molecule has 0 spiro atoms. The van der Waals surface area contributed by atoms with Crippen LogP contribution in [-0.4, -0.2) is 41.3 Å². The third-order valence-electron chi connectivity index (χ3n) is 2.86. The summed E-state index contributed by atoms with van der Waals surface area (Å²) in [7, 11) is 0. The SMILES string of the molecule is C[C@H]1CN(Cc2ccccc2)C[C@@H](C(=O)O)O1. The molecule has 0 radical (unpaired) electrons. The number of hydrogen-bond donors (Lipinski definition) is 1. The molecule has 0 aliphatic carbocycles. The van der Waals surface area contributed by atoms with Crippen LogP contribution in [-0.2, 0) is 16.1 Å². The van der Waals surface area contributed by atoms with E-state index in [0.717, 1.165) is 13.1 Å². The summed E-state index contributed by atoms with van der Waals surface area (Å²) in [5.41, 5.74) is 1.20. The van der Waals surface area contributed by atoms with Crippen LogP contribution < -0.4 is 0 Å². The number of hydrogen-bond acceptors (Lipinski definition) is 3. The van der Waals surface area contributed by atoms with E-state index in [1.54, 1.807) is 0 Å². The molecule has 4 heteroatoms. The van der Waals surface area contributed by atoms with Gasteiger partial charge in [-0.25, -0.2) is 4.79 Å². The Morgan fingerprint density at radius 3 is 2.76 bits per heavy atom. The summed E-state index contributed by atoms with van der Waals surface area (Å²) in [5, 5.41) is 8.99. The molecule has 17 heavy (non-hydrogen) atoms. The molecule has 0 aromatic heterocycles. The fourth-order valence-corrected chi connectivity index (χ4v) is 2.15. The van der Waals surface area contributed by atoms with Crippen molar-refractivity contribution in [3.63, 3.8) is 0 Å². The molecule has 0 bridgehead atoms. The van der Waals surface area contributed by atoms with Gasteiger partial charge in [-0.15, -0.1) is 0 Å². The Labute approximate surface area is 101 Å². The normalized spacial score (nSPS) is 25.7. The van der Waals surface area contributed by atoms with Crippen LogP contribution in [0.5, 0.6) is 0 Å². The highest BCUT2D eigenvalue weighted by atomic mass is 16.5. The lowest BCUT2D eigenvalue weighted by atomic mass is 10.1. The molecule has 0 saturated carbocycles. The first kappa shape index (κ1) is 12.1. The number of nitrogens with zero attached hydrogens (tertiary/aromatic N) is 1. The summed E-state index contributed by atoms with van der Waals surface area (Å²) in [4.78, 5) is 13.1. The van der Waals surface area contributed by atoms with Gasteiger partial charge in [-0.2, -0.15) is 0 Å². The van der Waals surface area contributed by atoms with E-state index < -0.39 is 12.1 Å². The van der Waals surface area contributed by atoms with E-state index in [9.17, 15) is 4.79 Å². The van der Waals surface area contributed by atoms with Gasteiger partial charge in [0.25, 0.3) is 0 Å². The second kappa shape index (κ2) is 5.29. The molecule has 1 aromatic rings. The Kier molecular flexibility index (Phi) is 3.76. The molecule has 92 valence electrons. The van der Waals surface area contributed by atoms with Gasteiger partial charge in [0, 0.05) is 19.6 Å². The Hall–Kier alpha value is -1.39. The lowest BCUT2D eigenvalue weighted by Gasteiger charge is -2.34. The van der Waals surface area contributed by atoms with Crippen LogP contribution in [0.4, 0.5) is 0 Å². The van der Waals surface area contributed by atoms with Gasteiger partial charge in [0.15, 0.2) is 6.10 Å². The largest absolute Gasteiger partial charge is 0.479 e. The summed E-state index contributed by atoms with van der Waals surface area (Å²) in [6, 6.07) is 10.1. The highest BCUT2D eigenvalue weighted by molar-refractivity contribution is 5.72. The van der Waals surface area contributed by atoms with Gasteiger partial charge in [-0.05, 0) is 12.5 Å². The van der Waals surface area contributed by atoms with E-state index in [0.29, 0.717) is 6.54 Å².